The second-order valence-electron chi connectivity index (χ2n) is 3.09. The van der Waals surface area contributed by atoms with Crippen LogP contribution in [0.5, 0.6) is 0 Å². The number of hydrogen-bond acceptors (Lipinski definition) is 2. The highest BCUT2D eigenvalue weighted by molar-refractivity contribution is 7.98. The lowest BCUT2D eigenvalue weighted by Gasteiger charge is -2.08. The molecule has 0 aliphatic rings. The second kappa shape index (κ2) is 4.36. The zero-order valence-corrected chi connectivity index (χ0v) is 9.34. The first-order valence-corrected chi connectivity index (χ1v) is 5.87. The highest BCUT2D eigenvalue weighted by atomic mass is 32.2. The third kappa shape index (κ3) is 1.83. The standard InChI is InChI=1S/C12H12N2S/c1-3-9-10(11-7-13-8-14-11)5-4-6-12(9)15-2/h3-8H,1H2,2H3,(H,13,14). The van der Waals surface area contributed by atoms with Gasteiger partial charge in [-0.1, -0.05) is 24.8 Å². The number of aromatic nitrogens is 2. The molecule has 1 aromatic carbocycles. The molecule has 1 heterocycles. The molecule has 1 N–H and O–H groups in total. The van der Waals surface area contributed by atoms with Crippen LogP contribution in [0.2, 0.25) is 0 Å². The van der Waals surface area contributed by atoms with Crippen molar-refractivity contribution in [2.24, 2.45) is 0 Å². The summed E-state index contributed by atoms with van der Waals surface area (Å²) < 4.78 is 0. The molecule has 0 unspecified atom stereocenters. The van der Waals surface area contributed by atoms with Crippen LogP contribution in [0.25, 0.3) is 17.3 Å². The van der Waals surface area contributed by atoms with Crippen LogP contribution in [-0.4, -0.2) is 16.2 Å². The highest BCUT2D eigenvalue weighted by Crippen LogP contribution is 2.30. The van der Waals surface area contributed by atoms with Crippen molar-refractivity contribution in [2.45, 2.75) is 4.90 Å². The third-order valence-electron chi connectivity index (χ3n) is 2.28. The van der Waals surface area contributed by atoms with Crippen LogP contribution in [0.3, 0.4) is 0 Å². The quantitative estimate of drug-likeness (QED) is 0.796. The average Bonchev–Trinajstić information content (AvgIpc) is 2.81. The monoisotopic (exact) mass is 216 g/mol. The van der Waals surface area contributed by atoms with Crippen molar-refractivity contribution in [1.29, 1.82) is 0 Å². The van der Waals surface area contributed by atoms with Gasteiger partial charge in [0, 0.05) is 10.5 Å². The molecule has 0 aliphatic heterocycles. The van der Waals surface area contributed by atoms with Gasteiger partial charge >= 0.3 is 0 Å². The Balaban J connectivity index is 2.61. The van der Waals surface area contributed by atoms with E-state index < -0.39 is 0 Å². The maximum atomic E-state index is 4.03. The lowest BCUT2D eigenvalue weighted by Crippen LogP contribution is -1.86. The molecule has 0 aliphatic carbocycles. The van der Waals surface area contributed by atoms with E-state index in [1.807, 2.05) is 12.3 Å². The second-order valence-corrected chi connectivity index (χ2v) is 3.94. The molecular weight excluding hydrogens is 204 g/mol. The average molecular weight is 216 g/mol. The number of rotatable bonds is 3. The van der Waals surface area contributed by atoms with Gasteiger partial charge in [-0.2, -0.15) is 0 Å². The molecule has 0 amide bonds. The molecule has 1 aromatic heterocycles. The Morgan fingerprint density at radius 2 is 2.33 bits per heavy atom. The molecule has 0 saturated heterocycles. The van der Waals surface area contributed by atoms with E-state index in [0.717, 1.165) is 16.8 Å². The summed E-state index contributed by atoms with van der Waals surface area (Å²) in [5.41, 5.74) is 3.34. The van der Waals surface area contributed by atoms with Gasteiger partial charge in [-0.15, -0.1) is 11.8 Å². The first-order chi connectivity index (χ1) is 7.36. The number of benzene rings is 1. The summed E-state index contributed by atoms with van der Waals surface area (Å²) in [6, 6.07) is 6.22. The van der Waals surface area contributed by atoms with E-state index in [9.17, 15) is 0 Å². The van der Waals surface area contributed by atoms with Gasteiger partial charge in [-0.05, 0) is 17.9 Å². The maximum absolute atomic E-state index is 4.03. The number of nitrogens with one attached hydrogen (secondary N) is 1. The molecule has 2 aromatic rings. The van der Waals surface area contributed by atoms with E-state index in [4.69, 9.17) is 0 Å². The van der Waals surface area contributed by atoms with Gasteiger partial charge in [0.2, 0.25) is 0 Å². The lowest BCUT2D eigenvalue weighted by atomic mass is 10.1. The Hall–Kier alpha value is -1.48. The number of imidazole rings is 1. The smallest absolute Gasteiger partial charge is 0.0924 e. The summed E-state index contributed by atoms with van der Waals surface area (Å²) in [5, 5.41) is 0. The predicted molar refractivity (Wildman–Crippen MR) is 65.9 cm³/mol. The SMILES string of the molecule is C=Cc1c(SC)cccc1-c1cnc[nH]1. The van der Waals surface area contributed by atoms with E-state index in [1.54, 1.807) is 18.1 Å². The van der Waals surface area contributed by atoms with Crippen LogP contribution in [-0.2, 0) is 0 Å². The van der Waals surface area contributed by atoms with Gasteiger partial charge in [0.05, 0.1) is 18.2 Å². The van der Waals surface area contributed by atoms with Crippen LogP contribution in [0.4, 0.5) is 0 Å². The van der Waals surface area contributed by atoms with Gasteiger partial charge < -0.3 is 4.98 Å². The summed E-state index contributed by atoms with van der Waals surface area (Å²) in [6.07, 6.45) is 7.47. The Labute approximate surface area is 93.4 Å². The number of thioether (sulfide) groups is 1. The van der Waals surface area contributed by atoms with Crippen LogP contribution >= 0.6 is 11.8 Å². The van der Waals surface area contributed by atoms with Crippen LogP contribution in [0, 0.1) is 0 Å². The molecular formula is C12H12N2S. The van der Waals surface area contributed by atoms with Crippen LogP contribution in [0.15, 0.2) is 42.2 Å². The predicted octanol–water partition coefficient (Wildman–Crippen LogP) is 3.44. The molecule has 2 nitrogen and oxygen atoms in total. The van der Waals surface area contributed by atoms with E-state index >= 15 is 0 Å². The lowest BCUT2D eigenvalue weighted by molar-refractivity contribution is 1.31. The minimum Gasteiger partial charge on any atom is -0.345 e. The van der Waals surface area contributed by atoms with Gasteiger partial charge in [0.15, 0.2) is 0 Å². The van der Waals surface area contributed by atoms with E-state index in [1.165, 1.54) is 4.90 Å². The van der Waals surface area contributed by atoms with Crippen molar-refractivity contribution in [3.63, 3.8) is 0 Å². The molecule has 0 spiro atoms. The van der Waals surface area contributed by atoms with Gasteiger partial charge in [0.1, 0.15) is 0 Å². The molecule has 76 valence electrons. The van der Waals surface area contributed by atoms with Gasteiger partial charge in [-0.25, -0.2) is 4.98 Å². The highest BCUT2D eigenvalue weighted by Gasteiger charge is 2.07. The fourth-order valence-corrected chi connectivity index (χ4v) is 2.20. The molecule has 2 rings (SSSR count). The first-order valence-electron chi connectivity index (χ1n) is 4.65. The first kappa shape index (κ1) is 10.1. The van der Waals surface area contributed by atoms with Crippen molar-refractivity contribution in [3.8, 4) is 11.3 Å². The summed E-state index contributed by atoms with van der Waals surface area (Å²) in [7, 11) is 0. The van der Waals surface area contributed by atoms with E-state index in [-0.39, 0.29) is 0 Å². The van der Waals surface area contributed by atoms with E-state index in [0.29, 0.717) is 0 Å². The summed E-state index contributed by atoms with van der Waals surface area (Å²) in [4.78, 5) is 8.38. The normalized spacial score (nSPS) is 10.2. The fourth-order valence-electron chi connectivity index (χ4n) is 1.57. The van der Waals surface area contributed by atoms with Crippen molar-refractivity contribution < 1.29 is 0 Å². The van der Waals surface area contributed by atoms with Crippen molar-refractivity contribution >= 4 is 17.8 Å². The van der Waals surface area contributed by atoms with Crippen LogP contribution < -0.4 is 0 Å². The van der Waals surface area contributed by atoms with Gasteiger partial charge in [-0.3, -0.25) is 0 Å². The molecule has 0 saturated carbocycles. The molecule has 0 atom stereocenters. The Morgan fingerprint density at radius 3 is 2.93 bits per heavy atom. The number of nitrogens with zero attached hydrogens (tertiary/aromatic N) is 1. The minimum atomic E-state index is 1.03. The van der Waals surface area contributed by atoms with Crippen molar-refractivity contribution in [1.82, 2.24) is 9.97 Å². The summed E-state index contributed by atoms with van der Waals surface area (Å²) in [5.74, 6) is 0. The topological polar surface area (TPSA) is 28.7 Å². The van der Waals surface area contributed by atoms with Gasteiger partial charge in [0.25, 0.3) is 0 Å². The molecule has 3 heteroatoms. The van der Waals surface area contributed by atoms with Crippen molar-refractivity contribution in [3.05, 3.63) is 42.9 Å². The zero-order chi connectivity index (χ0) is 10.7. The Bertz CT molecular complexity index is 460. The Morgan fingerprint density at radius 1 is 1.47 bits per heavy atom. The summed E-state index contributed by atoms with van der Waals surface area (Å²) >= 11 is 1.73. The third-order valence-corrected chi connectivity index (χ3v) is 3.07. The van der Waals surface area contributed by atoms with Crippen molar-refractivity contribution in [2.75, 3.05) is 6.26 Å². The van der Waals surface area contributed by atoms with Crippen LogP contribution in [0.1, 0.15) is 5.56 Å². The largest absolute Gasteiger partial charge is 0.345 e. The minimum absolute atomic E-state index is 1.03. The number of hydrogen-bond donors (Lipinski definition) is 1. The van der Waals surface area contributed by atoms with E-state index in [2.05, 4.69) is 41.0 Å². The molecule has 0 fully saturated rings. The Kier molecular flexibility index (Phi) is 2.92. The molecule has 15 heavy (non-hydrogen) atoms. The number of H-pyrrole nitrogens is 1. The summed E-state index contributed by atoms with van der Waals surface area (Å²) in [6.45, 7) is 3.86. The maximum Gasteiger partial charge on any atom is 0.0924 e. The molecule has 0 bridgehead atoms. The fraction of sp³-hybridized carbons (Fsp3) is 0.0833. The molecule has 0 radical (unpaired) electrons. The zero-order valence-electron chi connectivity index (χ0n) is 8.53. The number of aromatic amines is 1.